The summed E-state index contributed by atoms with van der Waals surface area (Å²) in [6, 6.07) is 11.5. The molecule has 1 saturated heterocycles. The van der Waals surface area contributed by atoms with Crippen LogP contribution in [0.4, 0.5) is 0 Å². The number of carbonyl (C=O) groups is 1. The van der Waals surface area contributed by atoms with E-state index in [0.29, 0.717) is 23.0 Å². The molecule has 2 aliphatic rings. The van der Waals surface area contributed by atoms with Crippen molar-refractivity contribution < 1.29 is 18.8 Å². The molecular formula is C19H16N2O4S. The Kier molecular flexibility index (Phi) is 3.67. The van der Waals surface area contributed by atoms with Crippen LogP contribution in [0.1, 0.15) is 34.2 Å². The van der Waals surface area contributed by atoms with Crippen LogP contribution in [0, 0.1) is 0 Å². The SMILES string of the molecule is O=C(c1cc(-c2ccc3c(c2)OCO3)on1)N1CCC[C@@H]1c1cccs1. The summed E-state index contributed by atoms with van der Waals surface area (Å²) < 4.78 is 16.1. The zero-order valence-electron chi connectivity index (χ0n) is 13.9. The Morgan fingerprint density at radius 1 is 1.19 bits per heavy atom. The van der Waals surface area contributed by atoms with Crippen molar-refractivity contribution in [2.45, 2.75) is 18.9 Å². The predicted octanol–water partition coefficient (Wildman–Crippen LogP) is 4.11. The zero-order valence-corrected chi connectivity index (χ0v) is 14.7. The number of hydrogen-bond acceptors (Lipinski definition) is 6. The lowest BCUT2D eigenvalue weighted by atomic mass is 10.1. The number of ether oxygens (including phenoxy) is 2. The van der Waals surface area contributed by atoms with Crippen LogP contribution in [0.3, 0.4) is 0 Å². The molecule has 3 aromatic rings. The fraction of sp³-hybridized carbons (Fsp3) is 0.263. The Hall–Kier alpha value is -2.80. The number of carbonyl (C=O) groups excluding carboxylic acids is 1. The Balaban J connectivity index is 1.40. The number of aromatic nitrogens is 1. The lowest BCUT2D eigenvalue weighted by Gasteiger charge is -2.22. The highest BCUT2D eigenvalue weighted by Crippen LogP contribution is 2.37. The summed E-state index contributed by atoms with van der Waals surface area (Å²) in [7, 11) is 0. The Labute approximate surface area is 153 Å². The van der Waals surface area contributed by atoms with Gasteiger partial charge in [-0.3, -0.25) is 4.79 Å². The molecule has 7 heteroatoms. The molecule has 0 spiro atoms. The van der Waals surface area contributed by atoms with Crippen LogP contribution in [-0.2, 0) is 0 Å². The molecule has 26 heavy (non-hydrogen) atoms. The average Bonchev–Trinajstić information content (AvgIpc) is 3.47. The molecule has 0 radical (unpaired) electrons. The van der Waals surface area contributed by atoms with Gasteiger partial charge in [-0.1, -0.05) is 11.2 Å². The van der Waals surface area contributed by atoms with Gasteiger partial charge in [0.25, 0.3) is 5.91 Å². The van der Waals surface area contributed by atoms with E-state index in [-0.39, 0.29) is 18.7 Å². The van der Waals surface area contributed by atoms with Gasteiger partial charge in [0.15, 0.2) is 23.0 Å². The van der Waals surface area contributed by atoms with Crippen LogP contribution in [0.15, 0.2) is 46.3 Å². The fourth-order valence-corrected chi connectivity index (χ4v) is 4.37. The maximum atomic E-state index is 12.9. The van der Waals surface area contributed by atoms with Gasteiger partial charge in [0, 0.05) is 23.1 Å². The van der Waals surface area contributed by atoms with E-state index in [2.05, 4.69) is 11.2 Å². The molecule has 132 valence electrons. The number of nitrogens with zero attached hydrogens (tertiary/aromatic N) is 2. The van der Waals surface area contributed by atoms with E-state index in [0.717, 1.165) is 24.9 Å². The summed E-state index contributed by atoms with van der Waals surface area (Å²) in [6.07, 6.45) is 1.99. The molecule has 1 fully saturated rings. The third-order valence-corrected chi connectivity index (χ3v) is 5.75. The summed E-state index contributed by atoms with van der Waals surface area (Å²) in [5.41, 5.74) is 1.14. The Morgan fingerprint density at radius 3 is 3.00 bits per heavy atom. The van der Waals surface area contributed by atoms with Crippen molar-refractivity contribution in [2.24, 2.45) is 0 Å². The molecule has 0 N–H and O–H groups in total. The number of fused-ring (bicyclic) bond motifs is 1. The highest BCUT2D eigenvalue weighted by molar-refractivity contribution is 7.10. The molecule has 0 aliphatic carbocycles. The molecule has 5 rings (SSSR count). The molecule has 4 heterocycles. The largest absolute Gasteiger partial charge is 0.454 e. The van der Waals surface area contributed by atoms with Crippen molar-refractivity contribution in [3.8, 4) is 22.8 Å². The van der Waals surface area contributed by atoms with E-state index in [1.807, 2.05) is 34.5 Å². The summed E-state index contributed by atoms with van der Waals surface area (Å²) in [4.78, 5) is 16.1. The maximum absolute atomic E-state index is 12.9. The number of amides is 1. The first-order chi connectivity index (χ1) is 12.8. The van der Waals surface area contributed by atoms with Gasteiger partial charge in [0.05, 0.1) is 6.04 Å². The minimum absolute atomic E-state index is 0.0864. The number of thiophene rings is 1. The topological polar surface area (TPSA) is 64.8 Å². The van der Waals surface area contributed by atoms with Crippen molar-refractivity contribution in [2.75, 3.05) is 13.3 Å². The third-order valence-electron chi connectivity index (χ3n) is 4.77. The van der Waals surface area contributed by atoms with Crippen LogP contribution in [0.2, 0.25) is 0 Å². The standard InChI is InChI=1S/C19H16N2O4S/c22-19(21-7-1-3-14(21)18-4-2-8-26-18)13-10-16(25-20-13)12-5-6-15-17(9-12)24-11-23-15/h2,4-6,8-10,14H,1,3,7,11H2/t14-/m1/s1. The second kappa shape index (κ2) is 6.17. The number of likely N-dealkylation sites (tertiary alicyclic amines) is 1. The van der Waals surface area contributed by atoms with Gasteiger partial charge in [-0.25, -0.2) is 0 Å². The van der Waals surface area contributed by atoms with Crippen LogP contribution in [-0.4, -0.2) is 29.3 Å². The van der Waals surface area contributed by atoms with Gasteiger partial charge in [-0.15, -0.1) is 11.3 Å². The molecule has 1 amide bonds. The highest BCUT2D eigenvalue weighted by Gasteiger charge is 2.32. The molecule has 0 saturated carbocycles. The second-order valence-corrected chi connectivity index (χ2v) is 7.30. The minimum Gasteiger partial charge on any atom is -0.454 e. The van der Waals surface area contributed by atoms with E-state index in [1.165, 1.54) is 4.88 Å². The number of benzene rings is 1. The van der Waals surface area contributed by atoms with E-state index < -0.39 is 0 Å². The van der Waals surface area contributed by atoms with Crippen LogP contribution < -0.4 is 9.47 Å². The van der Waals surface area contributed by atoms with Gasteiger partial charge in [-0.2, -0.15) is 0 Å². The summed E-state index contributed by atoms with van der Waals surface area (Å²) in [6.45, 7) is 0.964. The summed E-state index contributed by atoms with van der Waals surface area (Å²) in [5.74, 6) is 1.83. The molecule has 2 aliphatic heterocycles. The van der Waals surface area contributed by atoms with Gasteiger partial charge in [-0.05, 0) is 42.5 Å². The van der Waals surface area contributed by atoms with Crippen molar-refractivity contribution >= 4 is 17.2 Å². The smallest absolute Gasteiger partial charge is 0.276 e. The molecule has 2 aromatic heterocycles. The van der Waals surface area contributed by atoms with Crippen molar-refractivity contribution in [1.82, 2.24) is 10.1 Å². The molecule has 1 atom stereocenters. The quantitative estimate of drug-likeness (QED) is 0.696. The predicted molar refractivity (Wildman–Crippen MR) is 95.4 cm³/mol. The minimum atomic E-state index is -0.0864. The Bertz CT molecular complexity index is 950. The van der Waals surface area contributed by atoms with E-state index in [4.69, 9.17) is 14.0 Å². The molecular weight excluding hydrogens is 352 g/mol. The lowest BCUT2D eigenvalue weighted by Crippen LogP contribution is -2.30. The maximum Gasteiger partial charge on any atom is 0.276 e. The summed E-state index contributed by atoms with van der Waals surface area (Å²) in [5, 5.41) is 6.06. The van der Waals surface area contributed by atoms with Crippen LogP contribution in [0.25, 0.3) is 11.3 Å². The third kappa shape index (κ3) is 2.55. The highest BCUT2D eigenvalue weighted by atomic mass is 32.1. The lowest BCUT2D eigenvalue weighted by molar-refractivity contribution is 0.0727. The fourth-order valence-electron chi connectivity index (χ4n) is 3.50. The second-order valence-electron chi connectivity index (χ2n) is 6.32. The number of rotatable bonds is 3. The molecule has 0 unspecified atom stereocenters. The first-order valence-electron chi connectivity index (χ1n) is 8.51. The van der Waals surface area contributed by atoms with E-state index in [1.54, 1.807) is 17.4 Å². The van der Waals surface area contributed by atoms with Crippen molar-refractivity contribution in [3.05, 3.63) is 52.3 Å². The first kappa shape index (κ1) is 15.5. The van der Waals surface area contributed by atoms with E-state index >= 15 is 0 Å². The zero-order chi connectivity index (χ0) is 17.5. The summed E-state index contributed by atoms with van der Waals surface area (Å²) >= 11 is 1.69. The normalized spacial score (nSPS) is 18.5. The van der Waals surface area contributed by atoms with Gasteiger partial charge >= 0.3 is 0 Å². The first-order valence-corrected chi connectivity index (χ1v) is 9.39. The van der Waals surface area contributed by atoms with Crippen molar-refractivity contribution in [3.63, 3.8) is 0 Å². The van der Waals surface area contributed by atoms with E-state index in [9.17, 15) is 4.79 Å². The van der Waals surface area contributed by atoms with Gasteiger partial charge in [0.2, 0.25) is 6.79 Å². The van der Waals surface area contributed by atoms with Crippen LogP contribution in [0.5, 0.6) is 11.5 Å². The molecule has 0 bridgehead atoms. The monoisotopic (exact) mass is 368 g/mol. The van der Waals surface area contributed by atoms with Crippen molar-refractivity contribution in [1.29, 1.82) is 0 Å². The average molecular weight is 368 g/mol. The van der Waals surface area contributed by atoms with Crippen LogP contribution >= 0.6 is 11.3 Å². The van der Waals surface area contributed by atoms with Gasteiger partial charge in [0.1, 0.15) is 0 Å². The Morgan fingerprint density at radius 2 is 2.12 bits per heavy atom. The molecule has 1 aromatic carbocycles. The molecule has 6 nitrogen and oxygen atoms in total. The number of hydrogen-bond donors (Lipinski definition) is 0. The van der Waals surface area contributed by atoms with Gasteiger partial charge < -0.3 is 18.9 Å².